The maximum absolute atomic E-state index is 6.07. The lowest BCUT2D eigenvalue weighted by atomic mass is 10.1. The van der Waals surface area contributed by atoms with Crippen molar-refractivity contribution in [2.75, 3.05) is 37.6 Å². The van der Waals surface area contributed by atoms with E-state index >= 15 is 0 Å². The lowest BCUT2D eigenvalue weighted by molar-refractivity contribution is 0.169. The first-order valence-corrected chi connectivity index (χ1v) is 7.64. The fourth-order valence-electron chi connectivity index (χ4n) is 2.89. The fourth-order valence-corrected chi connectivity index (χ4v) is 3.08. The summed E-state index contributed by atoms with van der Waals surface area (Å²) in [6, 6.07) is 12.1. The Morgan fingerprint density at radius 2 is 1.95 bits per heavy atom. The highest BCUT2D eigenvalue weighted by molar-refractivity contribution is 6.30. The molecule has 5 heteroatoms. The van der Waals surface area contributed by atoms with Gasteiger partial charge in [-0.15, -0.1) is 0 Å². The van der Waals surface area contributed by atoms with Crippen molar-refractivity contribution in [3.05, 3.63) is 53.4 Å². The summed E-state index contributed by atoms with van der Waals surface area (Å²) in [6.45, 7) is 4.45. The molecule has 0 aliphatic carbocycles. The second-order valence-corrected chi connectivity index (χ2v) is 5.71. The van der Waals surface area contributed by atoms with Crippen LogP contribution in [0.5, 0.6) is 0 Å². The minimum absolute atomic E-state index is 0.168. The third-order valence-corrected chi connectivity index (χ3v) is 4.26. The van der Waals surface area contributed by atoms with Gasteiger partial charge in [0.25, 0.3) is 0 Å². The molecule has 0 spiro atoms. The van der Waals surface area contributed by atoms with E-state index in [2.05, 4.69) is 15.9 Å². The molecule has 1 aromatic heterocycles. The van der Waals surface area contributed by atoms with Gasteiger partial charge in [0.15, 0.2) is 0 Å². The molecule has 1 aliphatic rings. The molecule has 0 bridgehead atoms. The number of nitrogens with two attached hydrogens (primary N) is 1. The van der Waals surface area contributed by atoms with Crippen LogP contribution in [-0.2, 0) is 0 Å². The van der Waals surface area contributed by atoms with Crippen molar-refractivity contribution in [3.63, 3.8) is 0 Å². The standard InChI is InChI=1S/C16H20ClN3O/c17-13-3-1-4-14(11-13)19-6-8-20(9-7-19)15(12-18)16-5-2-10-21-16/h1-5,10-11,15H,6-9,12,18H2/t15-/m0/s1. The van der Waals surface area contributed by atoms with Crippen LogP contribution >= 0.6 is 11.6 Å². The van der Waals surface area contributed by atoms with Crippen LogP contribution in [0.15, 0.2) is 47.1 Å². The molecule has 1 saturated heterocycles. The molecule has 2 heterocycles. The van der Waals surface area contributed by atoms with Crippen LogP contribution in [-0.4, -0.2) is 37.6 Å². The molecule has 3 rings (SSSR count). The first-order valence-electron chi connectivity index (χ1n) is 7.26. The molecular formula is C16H20ClN3O. The van der Waals surface area contributed by atoms with Gasteiger partial charge in [-0.05, 0) is 30.3 Å². The second-order valence-electron chi connectivity index (χ2n) is 5.27. The summed E-state index contributed by atoms with van der Waals surface area (Å²) in [5.74, 6) is 0.953. The van der Waals surface area contributed by atoms with Gasteiger partial charge in [0.1, 0.15) is 5.76 Å². The zero-order valence-corrected chi connectivity index (χ0v) is 12.7. The van der Waals surface area contributed by atoms with Crippen LogP contribution in [0.4, 0.5) is 5.69 Å². The predicted octanol–water partition coefficient (Wildman–Crippen LogP) is 2.76. The number of piperazine rings is 1. The van der Waals surface area contributed by atoms with Crippen molar-refractivity contribution in [2.24, 2.45) is 5.73 Å². The molecule has 0 saturated carbocycles. The quantitative estimate of drug-likeness (QED) is 0.943. The number of nitrogens with zero attached hydrogens (tertiary/aromatic N) is 2. The van der Waals surface area contributed by atoms with E-state index in [9.17, 15) is 0 Å². The molecule has 0 amide bonds. The summed E-state index contributed by atoms with van der Waals surface area (Å²) in [4.78, 5) is 4.75. The zero-order chi connectivity index (χ0) is 14.7. The molecule has 2 N–H and O–H groups in total. The van der Waals surface area contributed by atoms with Gasteiger partial charge >= 0.3 is 0 Å². The Hall–Kier alpha value is -1.49. The Bertz CT molecular complexity index is 565. The Kier molecular flexibility index (Phi) is 4.48. The highest BCUT2D eigenvalue weighted by atomic mass is 35.5. The minimum Gasteiger partial charge on any atom is -0.468 e. The van der Waals surface area contributed by atoms with Crippen molar-refractivity contribution in [1.29, 1.82) is 0 Å². The van der Waals surface area contributed by atoms with E-state index in [-0.39, 0.29) is 6.04 Å². The smallest absolute Gasteiger partial charge is 0.122 e. The van der Waals surface area contributed by atoms with Crippen LogP contribution in [0.1, 0.15) is 11.8 Å². The number of rotatable bonds is 4. The number of anilines is 1. The molecule has 0 radical (unpaired) electrons. The third kappa shape index (κ3) is 3.23. The van der Waals surface area contributed by atoms with E-state index in [1.807, 2.05) is 30.3 Å². The van der Waals surface area contributed by atoms with E-state index in [1.54, 1.807) is 6.26 Å². The summed E-state index contributed by atoms with van der Waals surface area (Å²) in [5.41, 5.74) is 7.11. The largest absolute Gasteiger partial charge is 0.468 e. The van der Waals surface area contributed by atoms with Gasteiger partial charge in [-0.2, -0.15) is 0 Å². The molecule has 112 valence electrons. The molecular weight excluding hydrogens is 286 g/mol. The van der Waals surface area contributed by atoms with E-state index in [1.165, 1.54) is 5.69 Å². The number of benzene rings is 1. The summed E-state index contributed by atoms with van der Waals surface area (Å²) >= 11 is 6.07. The number of hydrogen-bond donors (Lipinski definition) is 1. The Morgan fingerprint density at radius 1 is 1.14 bits per heavy atom. The van der Waals surface area contributed by atoms with E-state index in [0.717, 1.165) is 37.0 Å². The first-order chi connectivity index (χ1) is 10.3. The van der Waals surface area contributed by atoms with Crippen molar-refractivity contribution in [1.82, 2.24) is 4.90 Å². The number of halogens is 1. The highest BCUT2D eigenvalue weighted by Gasteiger charge is 2.25. The van der Waals surface area contributed by atoms with Gasteiger partial charge in [-0.3, -0.25) is 4.90 Å². The molecule has 1 atom stereocenters. The Labute approximate surface area is 130 Å². The first kappa shape index (κ1) is 14.4. The summed E-state index contributed by atoms with van der Waals surface area (Å²) in [7, 11) is 0. The van der Waals surface area contributed by atoms with Crippen LogP contribution in [0.3, 0.4) is 0 Å². The zero-order valence-electron chi connectivity index (χ0n) is 11.9. The highest BCUT2D eigenvalue weighted by Crippen LogP contribution is 2.25. The number of furan rings is 1. The van der Waals surface area contributed by atoms with Crippen molar-refractivity contribution in [3.8, 4) is 0 Å². The van der Waals surface area contributed by atoms with Gasteiger partial charge < -0.3 is 15.1 Å². The van der Waals surface area contributed by atoms with Gasteiger partial charge in [-0.25, -0.2) is 0 Å². The average Bonchev–Trinajstić information content (AvgIpc) is 3.03. The molecule has 1 aliphatic heterocycles. The minimum atomic E-state index is 0.168. The maximum Gasteiger partial charge on any atom is 0.122 e. The van der Waals surface area contributed by atoms with Gasteiger partial charge in [0.05, 0.1) is 12.3 Å². The third-order valence-electron chi connectivity index (χ3n) is 4.02. The summed E-state index contributed by atoms with van der Waals surface area (Å²) < 4.78 is 5.51. The van der Waals surface area contributed by atoms with Crippen LogP contribution in [0.2, 0.25) is 5.02 Å². The molecule has 0 unspecified atom stereocenters. The van der Waals surface area contributed by atoms with Crippen LogP contribution in [0, 0.1) is 0 Å². The maximum atomic E-state index is 6.07. The van der Waals surface area contributed by atoms with Crippen molar-refractivity contribution >= 4 is 17.3 Å². The Balaban J connectivity index is 1.64. The van der Waals surface area contributed by atoms with Crippen molar-refractivity contribution in [2.45, 2.75) is 6.04 Å². The lowest BCUT2D eigenvalue weighted by Gasteiger charge is -2.39. The number of hydrogen-bond acceptors (Lipinski definition) is 4. The normalized spacial score (nSPS) is 17.9. The fraction of sp³-hybridized carbons (Fsp3) is 0.375. The van der Waals surface area contributed by atoms with Gasteiger partial charge in [-0.1, -0.05) is 17.7 Å². The predicted molar refractivity (Wildman–Crippen MR) is 85.7 cm³/mol. The SMILES string of the molecule is NC[C@@H](c1ccco1)N1CCN(c2cccc(Cl)c2)CC1. The second kappa shape index (κ2) is 6.52. The topological polar surface area (TPSA) is 45.6 Å². The van der Waals surface area contributed by atoms with E-state index in [4.69, 9.17) is 21.8 Å². The van der Waals surface area contributed by atoms with E-state index < -0.39 is 0 Å². The van der Waals surface area contributed by atoms with Gasteiger partial charge in [0.2, 0.25) is 0 Å². The molecule has 1 fully saturated rings. The van der Waals surface area contributed by atoms with Crippen LogP contribution < -0.4 is 10.6 Å². The summed E-state index contributed by atoms with van der Waals surface area (Å²) in [5, 5.41) is 0.783. The van der Waals surface area contributed by atoms with E-state index in [0.29, 0.717) is 6.54 Å². The molecule has 21 heavy (non-hydrogen) atoms. The molecule has 1 aromatic carbocycles. The van der Waals surface area contributed by atoms with Crippen LogP contribution in [0.25, 0.3) is 0 Å². The van der Waals surface area contributed by atoms with Gasteiger partial charge in [0, 0.05) is 43.4 Å². The van der Waals surface area contributed by atoms with Crippen molar-refractivity contribution < 1.29 is 4.42 Å². The molecule has 2 aromatic rings. The molecule has 4 nitrogen and oxygen atoms in total. The Morgan fingerprint density at radius 3 is 2.57 bits per heavy atom. The monoisotopic (exact) mass is 305 g/mol. The average molecular weight is 306 g/mol. The lowest BCUT2D eigenvalue weighted by Crippen LogP contribution is -2.49. The summed E-state index contributed by atoms with van der Waals surface area (Å²) in [6.07, 6.45) is 1.71.